The maximum absolute atomic E-state index is 12.7. The first-order chi connectivity index (χ1) is 14.6. The molecule has 8 heteroatoms. The zero-order valence-electron chi connectivity index (χ0n) is 18.8. The zero-order valence-corrected chi connectivity index (χ0v) is 21.2. The number of nitrogens with two attached hydrogens (primary N) is 1. The van der Waals surface area contributed by atoms with Gasteiger partial charge in [-0.2, -0.15) is 0 Å². The Morgan fingerprint density at radius 3 is 2.42 bits per heavy atom. The van der Waals surface area contributed by atoms with Gasteiger partial charge < -0.3 is 25.4 Å². The second-order valence-corrected chi connectivity index (χ2v) is 8.24. The van der Waals surface area contributed by atoms with Crippen molar-refractivity contribution in [3.05, 3.63) is 23.3 Å². The molecule has 1 heterocycles. The minimum Gasteiger partial charge on any atom is -0.493 e. The summed E-state index contributed by atoms with van der Waals surface area (Å²) in [5.74, 6) is 2.13. The van der Waals surface area contributed by atoms with E-state index in [-0.39, 0.29) is 29.9 Å². The Morgan fingerprint density at radius 2 is 1.77 bits per heavy atom. The van der Waals surface area contributed by atoms with Gasteiger partial charge >= 0.3 is 0 Å². The fraction of sp³-hybridized carbons (Fsp3) is 0.652. The number of nitrogens with one attached hydrogen (secondary N) is 1. The average Bonchev–Trinajstić information content (AvgIpc) is 3.03. The summed E-state index contributed by atoms with van der Waals surface area (Å²) in [6.07, 6.45) is 9.52. The average molecular weight is 544 g/mol. The molecule has 3 rings (SSSR count). The van der Waals surface area contributed by atoms with Crippen molar-refractivity contribution in [1.29, 1.82) is 0 Å². The van der Waals surface area contributed by atoms with Crippen LogP contribution >= 0.6 is 24.0 Å². The zero-order chi connectivity index (χ0) is 21.3. The predicted molar refractivity (Wildman–Crippen MR) is 134 cm³/mol. The molecule has 1 amide bonds. The number of amides is 1. The quantitative estimate of drug-likeness (QED) is 0.180. The van der Waals surface area contributed by atoms with E-state index in [2.05, 4.69) is 10.3 Å². The number of aliphatic imine (C=N–C) groups is 1. The van der Waals surface area contributed by atoms with Crippen molar-refractivity contribution in [2.45, 2.75) is 70.4 Å². The monoisotopic (exact) mass is 544 g/mol. The lowest BCUT2D eigenvalue weighted by atomic mass is 9.98. The van der Waals surface area contributed by atoms with E-state index in [9.17, 15) is 4.79 Å². The predicted octanol–water partition coefficient (Wildman–Crippen LogP) is 3.61. The molecular weight excluding hydrogens is 507 g/mol. The fourth-order valence-electron chi connectivity index (χ4n) is 4.36. The Balaban J connectivity index is 0.00000341. The Morgan fingerprint density at radius 1 is 1.13 bits per heavy atom. The molecule has 31 heavy (non-hydrogen) atoms. The largest absolute Gasteiger partial charge is 0.493 e. The van der Waals surface area contributed by atoms with Crippen molar-refractivity contribution >= 4 is 35.8 Å². The molecule has 1 fully saturated rings. The summed E-state index contributed by atoms with van der Waals surface area (Å²) < 4.78 is 10.8. The number of ether oxygens (including phenoxy) is 2. The van der Waals surface area contributed by atoms with Crippen LogP contribution in [-0.4, -0.2) is 50.1 Å². The first kappa shape index (κ1) is 25.5. The standard InChI is InChI=1S/C23H36N4O3.HI/c1-29-20-14-17-11-13-27(16-18(17)15-21(20)30-2)22(28)10-7-12-25-23(24)26-19-8-5-3-4-6-9-19;/h14-15,19H,3-13,16H2,1-2H3,(H3,24,25,26);1H. The van der Waals surface area contributed by atoms with E-state index in [1.165, 1.54) is 44.1 Å². The number of methoxy groups -OCH3 is 2. The number of carbonyl (C=O) groups excluding carboxylic acids is 1. The topological polar surface area (TPSA) is 89.2 Å². The Hall–Kier alpha value is -1.71. The van der Waals surface area contributed by atoms with Gasteiger partial charge in [-0.25, -0.2) is 0 Å². The van der Waals surface area contributed by atoms with E-state index in [0.29, 0.717) is 43.7 Å². The number of carbonyl (C=O) groups is 1. The molecule has 0 saturated heterocycles. The molecule has 0 unspecified atom stereocenters. The van der Waals surface area contributed by atoms with Gasteiger partial charge in [-0.1, -0.05) is 25.7 Å². The molecule has 0 radical (unpaired) electrons. The summed E-state index contributed by atoms with van der Waals surface area (Å²) in [6, 6.07) is 4.45. The highest BCUT2D eigenvalue weighted by Gasteiger charge is 2.22. The van der Waals surface area contributed by atoms with Crippen LogP contribution in [0.25, 0.3) is 0 Å². The number of rotatable bonds is 7. The maximum Gasteiger partial charge on any atom is 0.222 e. The number of guanidine groups is 1. The van der Waals surface area contributed by atoms with E-state index in [1.807, 2.05) is 17.0 Å². The van der Waals surface area contributed by atoms with Gasteiger partial charge in [0.1, 0.15) is 0 Å². The molecule has 0 aromatic heterocycles. The first-order valence-electron chi connectivity index (χ1n) is 11.2. The van der Waals surface area contributed by atoms with E-state index in [4.69, 9.17) is 15.2 Å². The van der Waals surface area contributed by atoms with Crippen LogP contribution in [-0.2, 0) is 17.8 Å². The number of hydrogen-bond acceptors (Lipinski definition) is 4. The minimum atomic E-state index is 0. The van der Waals surface area contributed by atoms with Gasteiger partial charge in [-0.3, -0.25) is 9.79 Å². The third-order valence-electron chi connectivity index (χ3n) is 6.11. The van der Waals surface area contributed by atoms with Crippen molar-refractivity contribution in [2.24, 2.45) is 10.7 Å². The van der Waals surface area contributed by atoms with Gasteiger partial charge in [0.2, 0.25) is 5.91 Å². The Bertz CT molecular complexity index is 749. The number of halogens is 1. The summed E-state index contributed by atoms with van der Waals surface area (Å²) in [6.45, 7) is 1.92. The minimum absolute atomic E-state index is 0. The van der Waals surface area contributed by atoms with Crippen molar-refractivity contribution < 1.29 is 14.3 Å². The lowest BCUT2D eigenvalue weighted by Gasteiger charge is -2.29. The molecule has 1 saturated carbocycles. The van der Waals surface area contributed by atoms with Gasteiger partial charge in [0.05, 0.1) is 14.2 Å². The first-order valence-corrected chi connectivity index (χ1v) is 11.2. The lowest BCUT2D eigenvalue weighted by molar-refractivity contribution is -0.132. The van der Waals surface area contributed by atoms with E-state index in [1.54, 1.807) is 14.2 Å². The van der Waals surface area contributed by atoms with Gasteiger partial charge in [0.15, 0.2) is 17.5 Å². The second-order valence-electron chi connectivity index (χ2n) is 8.24. The molecule has 7 nitrogen and oxygen atoms in total. The van der Waals surface area contributed by atoms with Crippen LogP contribution in [0.3, 0.4) is 0 Å². The van der Waals surface area contributed by atoms with Crippen LogP contribution < -0.4 is 20.5 Å². The highest BCUT2D eigenvalue weighted by atomic mass is 127. The van der Waals surface area contributed by atoms with Crippen molar-refractivity contribution in [3.8, 4) is 11.5 Å². The Labute approximate surface area is 203 Å². The van der Waals surface area contributed by atoms with Crippen LogP contribution in [0.5, 0.6) is 11.5 Å². The molecule has 174 valence electrons. The summed E-state index contributed by atoms with van der Waals surface area (Å²) in [4.78, 5) is 19.0. The van der Waals surface area contributed by atoms with Crippen molar-refractivity contribution in [2.75, 3.05) is 27.3 Å². The van der Waals surface area contributed by atoms with Crippen LogP contribution in [0, 0.1) is 0 Å². The second kappa shape index (κ2) is 13.0. The van der Waals surface area contributed by atoms with Gasteiger partial charge in [-0.15, -0.1) is 24.0 Å². The highest BCUT2D eigenvalue weighted by molar-refractivity contribution is 14.0. The molecule has 0 bridgehead atoms. The smallest absolute Gasteiger partial charge is 0.222 e. The number of benzene rings is 1. The number of nitrogens with zero attached hydrogens (tertiary/aromatic N) is 2. The molecule has 0 atom stereocenters. The lowest BCUT2D eigenvalue weighted by Crippen LogP contribution is -2.40. The molecule has 1 aliphatic carbocycles. The van der Waals surface area contributed by atoms with Gasteiger partial charge in [0, 0.05) is 32.1 Å². The maximum atomic E-state index is 12.7. The summed E-state index contributed by atoms with van der Waals surface area (Å²) >= 11 is 0. The molecule has 2 aliphatic rings. The normalized spacial score (nSPS) is 17.2. The SMILES string of the molecule is COc1cc2c(cc1OC)CN(C(=O)CCCN=C(N)NC1CCCCCC1)CC2.I. The molecule has 0 spiro atoms. The molecule has 1 aromatic rings. The van der Waals surface area contributed by atoms with Crippen LogP contribution in [0.2, 0.25) is 0 Å². The van der Waals surface area contributed by atoms with Crippen LogP contribution in [0.1, 0.15) is 62.5 Å². The Kier molecular flexibility index (Phi) is 10.7. The summed E-state index contributed by atoms with van der Waals surface area (Å²) in [5.41, 5.74) is 8.39. The highest BCUT2D eigenvalue weighted by Crippen LogP contribution is 2.33. The van der Waals surface area contributed by atoms with Gasteiger partial charge in [0.25, 0.3) is 0 Å². The summed E-state index contributed by atoms with van der Waals surface area (Å²) in [5, 5.41) is 3.35. The molecule has 3 N–H and O–H groups in total. The van der Waals surface area contributed by atoms with E-state index in [0.717, 1.165) is 24.3 Å². The van der Waals surface area contributed by atoms with Crippen molar-refractivity contribution in [3.63, 3.8) is 0 Å². The van der Waals surface area contributed by atoms with Gasteiger partial charge in [-0.05, 0) is 48.9 Å². The molecule has 1 aromatic carbocycles. The third-order valence-corrected chi connectivity index (χ3v) is 6.11. The van der Waals surface area contributed by atoms with Crippen LogP contribution in [0.15, 0.2) is 17.1 Å². The molecule has 1 aliphatic heterocycles. The fourth-order valence-corrected chi connectivity index (χ4v) is 4.36. The van der Waals surface area contributed by atoms with E-state index >= 15 is 0 Å². The van der Waals surface area contributed by atoms with Crippen LogP contribution in [0.4, 0.5) is 0 Å². The van der Waals surface area contributed by atoms with Crippen molar-refractivity contribution in [1.82, 2.24) is 10.2 Å². The molecular formula is C23H37IN4O3. The van der Waals surface area contributed by atoms with E-state index < -0.39 is 0 Å². The number of fused-ring (bicyclic) bond motifs is 1. The third kappa shape index (κ3) is 7.43. The number of hydrogen-bond donors (Lipinski definition) is 2. The summed E-state index contributed by atoms with van der Waals surface area (Å²) in [7, 11) is 3.27.